The monoisotopic (exact) mass is 220 g/mol. The van der Waals surface area contributed by atoms with E-state index in [9.17, 15) is 13.2 Å². The first-order valence-electron chi connectivity index (χ1n) is 3.72. The number of alkyl halides is 3. The molecule has 5 heteroatoms. The first-order valence-corrected chi connectivity index (χ1v) is 4.10. The molecule has 1 aromatic carbocycles. The lowest BCUT2D eigenvalue weighted by molar-refractivity contribution is -0.137. The summed E-state index contributed by atoms with van der Waals surface area (Å²) in [5, 5.41) is 0.324. The quantitative estimate of drug-likeness (QED) is 0.651. The van der Waals surface area contributed by atoms with Gasteiger partial charge in [0.15, 0.2) is 5.58 Å². The smallest absolute Gasteiger partial charge is 0.416 e. The van der Waals surface area contributed by atoms with Crippen LogP contribution in [0.25, 0.3) is 11.0 Å². The number of halogens is 4. The second kappa shape index (κ2) is 2.92. The molecule has 0 aliphatic carbocycles. The number of benzene rings is 1. The van der Waals surface area contributed by atoms with Gasteiger partial charge in [0.05, 0.1) is 16.8 Å². The maximum absolute atomic E-state index is 12.3. The molecule has 74 valence electrons. The summed E-state index contributed by atoms with van der Waals surface area (Å²) in [5.41, 5.74) is -0.490. The van der Waals surface area contributed by atoms with Crippen LogP contribution in [0.15, 0.2) is 28.9 Å². The fraction of sp³-hybridized carbons (Fsp3) is 0.111. The number of hydrogen-bond acceptors (Lipinski definition) is 1. The normalized spacial score (nSPS) is 12.3. The van der Waals surface area contributed by atoms with E-state index in [1.165, 1.54) is 12.3 Å². The van der Waals surface area contributed by atoms with Crippen molar-refractivity contribution in [2.75, 3.05) is 0 Å². The SMILES string of the molecule is FC(F)(F)c1cc(Cl)c2occc2c1. The molecule has 0 spiro atoms. The molecule has 0 N–H and O–H groups in total. The third-order valence-electron chi connectivity index (χ3n) is 1.83. The molecule has 0 bridgehead atoms. The summed E-state index contributed by atoms with van der Waals surface area (Å²) in [5.74, 6) is 0. The van der Waals surface area contributed by atoms with E-state index < -0.39 is 11.7 Å². The van der Waals surface area contributed by atoms with Gasteiger partial charge in [0.25, 0.3) is 0 Å². The van der Waals surface area contributed by atoms with Crippen LogP contribution >= 0.6 is 11.6 Å². The Morgan fingerprint density at radius 3 is 2.57 bits per heavy atom. The molecule has 0 aliphatic heterocycles. The number of rotatable bonds is 0. The third kappa shape index (κ3) is 1.46. The Labute approximate surface area is 82.1 Å². The van der Waals surface area contributed by atoms with Crippen LogP contribution in [-0.4, -0.2) is 0 Å². The standard InChI is InChI=1S/C9H4ClF3O/c10-7-4-6(9(11,12)13)3-5-1-2-14-8(5)7/h1-4H. The zero-order chi connectivity index (χ0) is 10.3. The van der Waals surface area contributed by atoms with Gasteiger partial charge in [-0.15, -0.1) is 0 Å². The fourth-order valence-corrected chi connectivity index (χ4v) is 1.47. The van der Waals surface area contributed by atoms with Gasteiger partial charge in [-0.1, -0.05) is 11.6 Å². The molecular formula is C9H4ClF3O. The lowest BCUT2D eigenvalue weighted by Gasteiger charge is -2.06. The van der Waals surface area contributed by atoms with Gasteiger partial charge in [0.2, 0.25) is 0 Å². The van der Waals surface area contributed by atoms with Crippen molar-refractivity contribution >= 4 is 22.6 Å². The molecule has 0 saturated carbocycles. The van der Waals surface area contributed by atoms with Gasteiger partial charge in [-0.05, 0) is 18.2 Å². The van der Waals surface area contributed by atoms with Gasteiger partial charge in [-0.25, -0.2) is 0 Å². The van der Waals surface area contributed by atoms with Gasteiger partial charge in [-0.2, -0.15) is 13.2 Å². The van der Waals surface area contributed by atoms with Crippen LogP contribution in [0.2, 0.25) is 5.02 Å². The van der Waals surface area contributed by atoms with E-state index in [0.717, 1.165) is 12.1 Å². The first kappa shape index (κ1) is 9.40. The summed E-state index contributed by atoms with van der Waals surface area (Å²) >= 11 is 5.62. The molecule has 1 nitrogen and oxygen atoms in total. The van der Waals surface area contributed by atoms with Crippen molar-refractivity contribution in [3.63, 3.8) is 0 Å². The van der Waals surface area contributed by atoms with Crippen molar-refractivity contribution < 1.29 is 17.6 Å². The molecule has 14 heavy (non-hydrogen) atoms. The van der Waals surface area contributed by atoms with Gasteiger partial charge in [0.1, 0.15) is 0 Å². The summed E-state index contributed by atoms with van der Waals surface area (Å²) in [6, 6.07) is 3.30. The van der Waals surface area contributed by atoms with Crippen molar-refractivity contribution in [3.05, 3.63) is 35.0 Å². The van der Waals surface area contributed by atoms with E-state index in [1.807, 2.05) is 0 Å². The summed E-state index contributed by atoms with van der Waals surface area (Å²) < 4.78 is 41.9. The van der Waals surface area contributed by atoms with Crippen molar-refractivity contribution in [1.82, 2.24) is 0 Å². The molecule has 0 fully saturated rings. The van der Waals surface area contributed by atoms with Gasteiger partial charge in [-0.3, -0.25) is 0 Å². The number of furan rings is 1. The maximum Gasteiger partial charge on any atom is 0.416 e. The highest BCUT2D eigenvalue weighted by Crippen LogP contribution is 2.35. The van der Waals surface area contributed by atoms with Crippen molar-refractivity contribution in [1.29, 1.82) is 0 Å². The van der Waals surface area contributed by atoms with Crippen molar-refractivity contribution in [2.45, 2.75) is 6.18 Å². The highest BCUT2D eigenvalue weighted by atomic mass is 35.5. The lowest BCUT2D eigenvalue weighted by atomic mass is 10.1. The molecule has 0 unspecified atom stereocenters. The van der Waals surface area contributed by atoms with E-state index >= 15 is 0 Å². The fourth-order valence-electron chi connectivity index (χ4n) is 1.20. The lowest BCUT2D eigenvalue weighted by Crippen LogP contribution is -2.04. The molecule has 0 saturated heterocycles. The predicted octanol–water partition coefficient (Wildman–Crippen LogP) is 4.11. The Bertz CT molecular complexity index is 472. The molecular weight excluding hydrogens is 217 g/mol. The van der Waals surface area contributed by atoms with Crippen LogP contribution in [0.5, 0.6) is 0 Å². The molecule has 0 radical (unpaired) electrons. The Hall–Kier alpha value is -1.16. The van der Waals surface area contributed by atoms with E-state index in [-0.39, 0.29) is 10.6 Å². The van der Waals surface area contributed by atoms with Crippen LogP contribution in [0, 0.1) is 0 Å². The van der Waals surface area contributed by atoms with Crippen LogP contribution in [0.3, 0.4) is 0 Å². The minimum absolute atomic E-state index is 0.0279. The minimum Gasteiger partial charge on any atom is -0.463 e. The zero-order valence-corrected chi connectivity index (χ0v) is 7.49. The van der Waals surface area contributed by atoms with Gasteiger partial charge < -0.3 is 4.42 Å². The summed E-state index contributed by atoms with van der Waals surface area (Å²) in [7, 11) is 0. The Morgan fingerprint density at radius 2 is 1.93 bits per heavy atom. The summed E-state index contributed by atoms with van der Waals surface area (Å²) in [6.07, 6.45) is -3.08. The molecule has 0 aliphatic rings. The zero-order valence-electron chi connectivity index (χ0n) is 6.73. The van der Waals surface area contributed by atoms with Crippen LogP contribution in [-0.2, 0) is 6.18 Å². The number of hydrogen-bond donors (Lipinski definition) is 0. The van der Waals surface area contributed by atoms with Crippen molar-refractivity contribution in [2.24, 2.45) is 0 Å². The number of fused-ring (bicyclic) bond motifs is 1. The van der Waals surface area contributed by atoms with Crippen LogP contribution in [0.4, 0.5) is 13.2 Å². The molecule has 1 heterocycles. The average Bonchev–Trinajstić information content (AvgIpc) is 2.50. The van der Waals surface area contributed by atoms with E-state index in [0.29, 0.717) is 5.39 Å². The van der Waals surface area contributed by atoms with E-state index in [1.54, 1.807) is 0 Å². The first-order chi connectivity index (χ1) is 6.48. The predicted molar refractivity (Wildman–Crippen MR) is 46.2 cm³/mol. The average molecular weight is 221 g/mol. The van der Waals surface area contributed by atoms with Crippen molar-refractivity contribution in [3.8, 4) is 0 Å². The van der Waals surface area contributed by atoms with Crippen LogP contribution < -0.4 is 0 Å². The van der Waals surface area contributed by atoms with Gasteiger partial charge >= 0.3 is 6.18 Å². The Kier molecular flexibility index (Phi) is 1.96. The third-order valence-corrected chi connectivity index (χ3v) is 2.11. The molecule has 0 amide bonds. The largest absolute Gasteiger partial charge is 0.463 e. The second-order valence-electron chi connectivity index (χ2n) is 2.79. The minimum atomic E-state index is -4.38. The van der Waals surface area contributed by atoms with E-state index in [2.05, 4.69) is 0 Å². The topological polar surface area (TPSA) is 13.1 Å². The molecule has 2 rings (SSSR count). The Balaban J connectivity index is 2.70. The van der Waals surface area contributed by atoms with Crippen LogP contribution in [0.1, 0.15) is 5.56 Å². The maximum atomic E-state index is 12.3. The highest BCUT2D eigenvalue weighted by Gasteiger charge is 2.31. The van der Waals surface area contributed by atoms with E-state index in [4.69, 9.17) is 16.0 Å². The second-order valence-corrected chi connectivity index (χ2v) is 3.20. The Morgan fingerprint density at radius 1 is 1.21 bits per heavy atom. The summed E-state index contributed by atoms with van der Waals surface area (Å²) in [4.78, 5) is 0. The summed E-state index contributed by atoms with van der Waals surface area (Å²) in [6.45, 7) is 0. The molecule has 0 atom stereocenters. The highest BCUT2D eigenvalue weighted by molar-refractivity contribution is 6.34. The van der Waals surface area contributed by atoms with Gasteiger partial charge in [0, 0.05) is 5.39 Å². The molecule has 2 aromatic rings. The molecule has 1 aromatic heterocycles.